The molecule has 0 radical (unpaired) electrons. The van der Waals surface area contributed by atoms with Gasteiger partial charge in [0.15, 0.2) is 0 Å². The van der Waals surface area contributed by atoms with Crippen molar-refractivity contribution in [3.05, 3.63) is 48.4 Å². The fourth-order valence-electron chi connectivity index (χ4n) is 2.60. The molecule has 4 heteroatoms. The number of fused-ring (bicyclic) bond motifs is 1. The molecule has 0 unspecified atom stereocenters. The van der Waals surface area contributed by atoms with Gasteiger partial charge in [0, 0.05) is 18.8 Å². The summed E-state index contributed by atoms with van der Waals surface area (Å²) >= 11 is 0. The first-order valence-corrected chi connectivity index (χ1v) is 6.94. The second-order valence-corrected chi connectivity index (χ2v) is 5.40. The molecule has 2 aromatic heterocycles. The van der Waals surface area contributed by atoms with E-state index in [4.69, 9.17) is 0 Å². The molecule has 100 valence electrons. The maximum absolute atomic E-state index is 4.45. The highest BCUT2D eigenvalue weighted by Crippen LogP contribution is 2.43. The van der Waals surface area contributed by atoms with Crippen molar-refractivity contribution >= 4 is 22.5 Å². The van der Waals surface area contributed by atoms with Crippen LogP contribution in [-0.4, -0.2) is 14.5 Å². The van der Waals surface area contributed by atoms with Gasteiger partial charge in [-0.25, -0.2) is 9.97 Å². The fraction of sp³-hybridized carbons (Fsp3) is 0.250. The van der Waals surface area contributed by atoms with Crippen LogP contribution < -0.4 is 5.32 Å². The standard InChI is InChI=1S/C16H16N4/c1-20-10-18-14-9-17-16(8-15(14)20)19-13-5-3-2-4-12(13)11-6-7-11/h2-5,8-11H,6-7H2,1H3,(H,17,19). The van der Waals surface area contributed by atoms with Crippen molar-refractivity contribution in [3.63, 3.8) is 0 Å². The second-order valence-electron chi connectivity index (χ2n) is 5.40. The molecule has 20 heavy (non-hydrogen) atoms. The molecule has 1 aliphatic rings. The van der Waals surface area contributed by atoms with Gasteiger partial charge in [-0.15, -0.1) is 0 Å². The van der Waals surface area contributed by atoms with Crippen molar-refractivity contribution in [3.8, 4) is 0 Å². The average Bonchev–Trinajstić information content (AvgIpc) is 3.25. The number of benzene rings is 1. The maximum atomic E-state index is 4.45. The van der Waals surface area contributed by atoms with Crippen molar-refractivity contribution in [2.45, 2.75) is 18.8 Å². The monoisotopic (exact) mass is 264 g/mol. The highest BCUT2D eigenvalue weighted by atomic mass is 15.0. The Labute approximate surface area is 117 Å². The lowest BCUT2D eigenvalue weighted by atomic mass is 10.1. The number of hydrogen-bond donors (Lipinski definition) is 1. The molecule has 1 aromatic carbocycles. The normalized spacial score (nSPS) is 14.7. The minimum Gasteiger partial charge on any atom is -0.340 e. The van der Waals surface area contributed by atoms with Crippen molar-refractivity contribution < 1.29 is 0 Å². The topological polar surface area (TPSA) is 42.7 Å². The molecular formula is C16H16N4. The first-order valence-electron chi connectivity index (χ1n) is 6.94. The lowest BCUT2D eigenvalue weighted by Crippen LogP contribution is -1.97. The van der Waals surface area contributed by atoms with E-state index >= 15 is 0 Å². The quantitative estimate of drug-likeness (QED) is 0.786. The Kier molecular flexibility index (Phi) is 2.49. The minimum absolute atomic E-state index is 0.721. The number of aryl methyl sites for hydroxylation is 1. The van der Waals surface area contributed by atoms with E-state index in [1.165, 1.54) is 24.1 Å². The third-order valence-corrected chi connectivity index (χ3v) is 3.85. The van der Waals surface area contributed by atoms with E-state index in [0.29, 0.717) is 0 Å². The molecule has 0 aliphatic heterocycles. The second kappa shape index (κ2) is 4.34. The Morgan fingerprint density at radius 1 is 1.20 bits per heavy atom. The fourth-order valence-corrected chi connectivity index (χ4v) is 2.60. The average molecular weight is 264 g/mol. The van der Waals surface area contributed by atoms with E-state index < -0.39 is 0 Å². The summed E-state index contributed by atoms with van der Waals surface area (Å²) < 4.78 is 2.01. The van der Waals surface area contributed by atoms with E-state index in [0.717, 1.165) is 22.8 Å². The van der Waals surface area contributed by atoms with Crippen LogP contribution in [0.5, 0.6) is 0 Å². The summed E-state index contributed by atoms with van der Waals surface area (Å²) in [5, 5.41) is 3.45. The van der Waals surface area contributed by atoms with Crippen molar-refractivity contribution in [2.24, 2.45) is 7.05 Å². The van der Waals surface area contributed by atoms with Gasteiger partial charge in [-0.1, -0.05) is 18.2 Å². The zero-order valence-electron chi connectivity index (χ0n) is 11.4. The van der Waals surface area contributed by atoms with E-state index in [2.05, 4.69) is 39.6 Å². The van der Waals surface area contributed by atoms with Crippen LogP contribution in [-0.2, 0) is 7.05 Å². The molecule has 1 fully saturated rings. The maximum Gasteiger partial charge on any atom is 0.132 e. The van der Waals surface area contributed by atoms with Crippen LogP contribution in [0.3, 0.4) is 0 Å². The van der Waals surface area contributed by atoms with Gasteiger partial charge in [-0.2, -0.15) is 0 Å². The van der Waals surface area contributed by atoms with E-state index in [9.17, 15) is 0 Å². The molecule has 4 rings (SSSR count). The van der Waals surface area contributed by atoms with Crippen LogP contribution in [0, 0.1) is 0 Å². The number of rotatable bonds is 3. The number of imidazole rings is 1. The predicted molar refractivity (Wildman–Crippen MR) is 80.2 cm³/mol. The number of anilines is 2. The molecule has 2 heterocycles. The van der Waals surface area contributed by atoms with Gasteiger partial charge in [0.05, 0.1) is 18.0 Å². The number of hydrogen-bond acceptors (Lipinski definition) is 3. The van der Waals surface area contributed by atoms with Gasteiger partial charge >= 0.3 is 0 Å². The highest BCUT2D eigenvalue weighted by molar-refractivity contribution is 5.78. The molecular weight excluding hydrogens is 248 g/mol. The molecule has 0 amide bonds. The summed E-state index contributed by atoms with van der Waals surface area (Å²) in [6.45, 7) is 0. The zero-order valence-corrected chi connectivity index (χ0v) is 11.4. The van der Waals surface area contributed by atoms with E-state index in [1.807, 2.05) is 30.2 Å². The number of nitrogens with one attached hydrogen (secondary N) is 1. The van der Waals surface area contributed by atoms with Gasteiger partial charge < -0.3 is 9.88 Å². The van der Waals surface area contributed by atoms with Crippen molar-refractivity contribution in [2.75, 3.05) is 5.32 Å². The van der Waals surface area contributed by atoms with Crippen LogP contribution in [0.4, 0.5) is 11.5 Å². The Balaban J connectivity index is 1.71. The van der Waals surface area contributed by atoms with Gasteiger partial charge in [0.1, 0.15) is 11.3 Å². The molecule has 1 N–H and O–H groups in total. The number of pyridine rings is 1. The lowest BCUT2D eigenvalue weighted by Gasteiger charge is -2.11. The van der Waals surface area contributed by atoms with Crippen LogP contribution >= 0.6 is 0 Å². The zero-order chi connectivity index (χ0) is 13.5. The van der Waals surface area contributed by atoms with Crippen LogP contribution in [0.2, 0.25) is 0 Å². The minimum atomic E-state index is 0.721. The number of nitrogens with zero attached hydrogens (tertiary/aromatic N) is 3. The molecule has 3 aromatic rings. The van der Waals surface area contributed by atoms with Crippen LogP contribution in [0.25, 0.3) is 11.0 Å². The van der Waals surface area contributed by atoms with Crippen molar-refractivity contribution in [1.29, 1.82) is 0 Å². The van der Waals surface area contributed by atoms with Crippen molar-refractivity contribution in [1.82, 2.24) is 14.5 Å². The smallest absolute Gasteiger partial charge is 0.132 e. The van der Waals surface area contributed by atoms with Gasteiger partial charge in [0.25, 0.3) is 0 Å². The lowest BCUT2D eigenvalue weighted by molar-refractivity contribution is 0.947. The first kappa shape index (κ1) is 11.5. The highest BCUT2D eigenvalue weighted by Gasteiger charge is 2.25. The third kappa shape index (κ3) is 1.93. The molecule has 0 bridgehead atoms. The van der Waals surface area contributed by atoms with Gasteiger partial charge in [-0.05, 0) is 30.4 Å². The number of aromatic nitrogens is 3. The summed E-state index contributed by atoms with van der Waals surface area (Å²) in [6, 6.07) is 10.6. The molecule has 0 atom stereocenters. The summed E-state index contributed by atoms with van der Waals surface area (Å²) in [5.41, 5.74) is 4.59. The first-order chi connectivity index (χ1) is 9.81. The van der Waals surface area contributed by atoms with Gasteiger partial charge in [-0.3, -0.25) is 0 Å². The summed E-state index contributed by atoms with van der Waals surface area (Å²) in [6.07, 6.45) is 6.23. The summed E-state index contributed by atoms with van der Waals surface area (Å²) in [4.78, 5) is 8.74. The predicted octanol–water partition coefficient (Wildman–Crippen LogP) is 3.59. The molecule has 0 saturated heterocycles. The Bertz CT molecular complexity index is 771. The largest absolute Gasteiger partial charge is 0.340 e. The van der Waals surface area contributed by atoms with E-state index in [1.54, 1.807) is 0 Å². The molecule has 1 saturated carbocycles. The third-order valence-electron chi connectivity index (χ3n) is 3.85. The Hall–Kier alpha value is -2.36. The molecule has 4 nitrogen and oxygen atoms in total. The summed E-state index contributed by atoms with van der Waals surface area (Å²) in [7, 11) is 2.00. The summed E-state index contributed by atoms with van der Waals surface area (Å²) in [5.74, 6) is 1.59. The van der Waals surface area contributed by atoms with Crippen LogP contribution in [0.15, 0.2) is 42.9 Å². The Morgan fingerprint density at radius 2 is 2.05 bits per heavy atom. The SMILES string of the molecule is Cn1cnc2cnc(Nc3ccccc3C3CC3)cc21. The number of para-hydroxylation sites is 1. The van der Waals surface area contributed by atoms with Gasteiger partial charge in [0.2, 0.25) is 0 Å². The Morgan fingerprint density at radius 3 is 2.90 bits per heavy atom. The van der Waals surface area contributed by atoms with E-state index in [-0.39, 0.29) is 0 Å². The van der Waals surface area contributed by atoms with Crippen LogP contribution in [0.1, 0.15) is 24.3 Å². The molecule has 0 spiro atoms. The molecule has 1 aliphatic carbocycles.